The predicted octanol–water partition coefficient (Wildman–Crippen LogP) is 5.62. The number of benzene rings is 3. The third kappa shape index (κ3) is 7.59. The number of likely N-dealkylation sites (N-methyl/N-ethyl adjacent to an activating group) is 1. The van der Waals surface area contributed by atoms with Gasteiger partial charge in [0.25, 0.3) is 5.91 Å². The first kappa shape index (κ1) is 26.3. The normalized spacial score (nSPS) is 11.7. The van der Waals surface area contributed by atoms with Crippen LogP contribution in [0.4, 0.5) is 0 Å². The summed E-state index contributed by atoms with van der Waals surface area (Å²) in [5, 5.41) is 3.51. The second-order valence-electron chi connectivity index (χ2n) is 8.73. The van der Waals surface area contributed by atoms with E-state index < -0.39 is 6.04 Å². The van der Waals surface area contributed by atoms with Crippen molar-refractivity contribution in [3.8, 4) is 5.75 Å². The minimum atomic E-state index is -0.690. The van der Waals surface area contributed by atoms with Crippen molar-refractivity contribution in [1.82, 2.24) is 10.2 Å². The fraction of sp³-hybridized carbons (Fsp3) is 0.310. The lowest BCUT2D eigenvalue weighted by atomic mass is 10.0. The lowest BCUT2D eigenvalue weighted by molar-refractivity contribution is -0.142. The molecule has 0 fully saturated rings. The average molecular weight is 493 g/mol. The lowest BCUT2D eigenvalue weighted by Gasteiger charge is -2.31. The van der Waals surface area contributed by atoms with E-state index in [1.807, 2.05) is 73.7 Å². The van der Waals surface area contributed by atoms with Gasteiger partial charge in [-0.25, -0.2) is 0 Å². The molecule has 1 N–H and O–H groups in total. The molecule has 0 unspecified atom stereocenters. The molecule has 35 heavy (non-hydrogen) atoms. The molecule has 0 bridgehead atoms. The summed E-state index contributed by atoms with van der Waals surface area (Å²) >= 11 is 6.07. The van der Waals surface area contributed by atoms with Gasteiger partial charge in [0.15, 0.2) is 6.61 Å². The van der Waals surface area contributed by atoms with E-state index >= 15 is 0 Å². The second kappa shape index (κ2) is 13.0. The molecule has 184 valence electrons. The van der Waals surface area contributed by atoms with Gasteiger partial charge < -0.3 is 15.0 Å². The highest BCUT2D eigenvalue weighted by atomic mass is 35.5. The van der Waals surface area contributed by atoms with Gasteiger partial charge in [0, 0.05) is 24.5 Å². The largest absolute Gasteiger partial charge is 0.483 e. The van der Waals surface area contributed by atoms with Crippen LogP contribution >= 0.6 is 11.6 Å². The third-order valence-corrected chi connectivity index (χ3v) is 6.03. The number of hydrogen-bond acceptors (Lipinski definition) is 3. The van der Waals surface area contributed by atoms with E-state index in [4.69, 9.17) is 16.3 Å². The Balaban J connectivity index is 1.90. The number of carbonyl (C=O) groups excluding carboxylic acids is 2. The zero-order chi connectivity index (χ0) is 25.2. The number of ether oxygens (including phenoxy) is 1. The first-order chi connectivity index (χ1) is 16.9. The molecule has 0 saturated heterocycles. The van der Waals surface area contributed by atoms with E-state index in [2.05, 4.69) is 19.2 Å². The number of nitrogens with one attached hydrogen (secondary N) is 1. The van der Waals surface area contributed by atoms with Crippen LogP contribution in [0.3, 0.4) is 0 Å². The third-order valence-electron chi connectivity index (χ3n) is 5.78. The highest BCUT2D eigenvalue weighted by molar-refractivity contribution is 6.30. The van der Waals surface area contributed by atoms with Gasteiger partial charge in [0.1, 0.15) is 11.8 Å². The van der Waals surface area contributed by atoms with Gasteiger partial charge in [-0.3, -0.25) is 9.59 Å². The summed E-state index contributed by atoms with van der Waals surface area (Å²) in [6.45, 7) is 6.62. The molecule has 0 saturated carbocycles. The maximum Gasteiger partial charge on any atom is 0.261 e. The molecule has 1 atom stereocenters. The first-order valence-electron chi connectivity index (χ1n) is 12.0. The summed E-state index contributed by atoms with van der Waals surface area (Å²) in [7, 11) is 0. The molecule has 0 heterocycles. The number of rotatable bonds is 11. The number of amides is 2. The van der Waals surface area contributed by atoms with Crippen molar-refractivity contribution < 1.29 is 14.3 Å². The molecule has 3 rings (SSSR count). The Hall–Kier alpha value is -3.31. The molecule has 0 aliphatic carbocycles. The average Bonchev–Trinajstić information content (AvgIpc) is 2.86. The monoisotopic (exact) mass is 492 g/mol. The Bertz CT molecular complexity index is 1100. The van der Waals surface area contributed by atoms with Crippen LogP contribution in [0, 0.1) is 0 Å². The van der Waals surface area contributed by atoms with Crippen molar-refractivity contribution in [2.24, 2.45) is 0 Å². The number of nitrogens with zero attached hydrogens (tertiary/aromatic N) is 1. The number of halogens is 1. The fourth-order valence-electron chi connectivity index (χ4n) is 3.94. The van der Waals surface area contributed by atoms with Gasteiger partial charge in [-0.1, -0.05) is 86.1 Å². The smallest absolute Gasteiger partial charge is 0.261 e. The van der Waals surface area contributed by atoms with E-state index in [0.29, 0.717) is 23.7 Å². The van der Waals surface area contributed by atoms with Crippen molar-refractivity contribution in [1.29, 1.82) is 0 Å². The second-order valence-corrected chi connectivity index (χ2v) is 9.17. The summed E-state index contributed by atoms with van der Waals surface area (Å²) in [6.07, 6.45) is 0.397. The van der Waals surface area contributed by atoms with Gasteiger partial charge >= 0.3 is 0 Å². The Morgan fingerprint density at radius 3 is 2.23 bits per heavy atom. The van der Waals surface area contributed by atoms with Gasteiger partial charge in [-0.05, 0) is 47.7 Å². The quantitative estimate of drug-likeness (QED) is 0.378. The molecule has 5 nitrogen and oxygen atoms in total. The SMILES string of the molecule is CCNC(=O)[C@H](Cc1ccccc1)N(Cc1ccc(Cl)cc1)C(=O)COc1ccccc1C(C)C. The molecule has 0 aromatic heterocycles. The molecule has 0 spiro atoms. The summed E-state index contributed by atoms with van der Waals surface area (Å²) in [5.74, 6) is 0.486. The number of para-hydroxylation sites is 1. The highest BCUT2D eigenvalue weighted by Gasteiger charge is 2.30. The summed E-state index contributed by atoms with van der Waals surface area (Å²) in [5.41, 5.74) is 2.89. The fourth-order valence-corrected chi connectivity index (χ4v) is 4.07. The Morgan fingerprint density at radius 2 is 1.57 bits per heavy atom. The maximum atomic E-state index is 13.6. The minimum absolute atomic E-state index is 0.165. The Morgan fingerprint density at radius 1 is 0.914 bits per heavy atom. The molecule has 3 aromatic rings. The van der Waals surface area contributed by atoms with Gasteiger partial charge in [-0.15, -0.1) is 0 Å². The number of hydrogen-bond donors (Lipinski definition) is 1. The van der Waals surface area contributed by atoms with E-state index in [1.54, 1.807) is 17.0 Å². The standard InChI is InChI=1S/C29H33ClN2O3/c1-4-31-29(34)26(18-22-10-6-5-7-11-22)32(19-23-14-16-24(30)17-15-23)28(33)20-35-27-13-9-8-12-25(27)21(2)3/h5-17,21,26H,4,18-20H2,1-3H3,(H,31,34)/t26-/m0/s1. The first-order valence-corrected chi connectivity index (χ1v) is 12.3. The minimum Gasteiger partial charge on any atom is -0.483 e. The molecular weight excluding hydrogens is 460 g/mol. The summed E-state index contributed by atoms with van der Waals surface area (Å²) in [6, 6.07) is 24.1. The van der Waals surface area contributed by atoms with E-state index in [1.165, 1.54) is 0 Å². The van der Waals surface area contributed by atoms with Crippen LogP contribution in [0.1, 0.15) is 43.4 Å². The lowest BCUT2D eigenvalue weighted by Crippen LogP contribution is -2.51. The van der Waals surface area contributed by atoms with Crippen molar-refractivity contribution in [3.05, 3.63) is 101 Å². The molecule has 0 radical (unpaired) electrons. The van der Waals surface area contributed by atoms with Crippen LogP contribution in [0.5, 0.6) is 5.75 Å². The van der Waals surface area contributed by atoms with E-state index in [-0.39, 0.29) is 30.9 Å². The van der Waals surface area contributed by atoms with Crippen LogP contribution in [-0.4, -0.2) is 35.9 Å². The Kier molecular flexibility index (Phi) is 9.74. The van der Waals surface area contributed by atoms with Crippen LogP contribution in [-0.2, 0) is 22.6 Å². The van der Waals surface area contributed by atoms with E-state index in [9.17, 15) is 9.59 Å². The van der Waals surface area contributed by atoms with Crippen LogP contribution in [0.2, 0.25) is 5.02 Å². The van der Waals surface area contributed by atoms with Gasteiger partial charge in [0.05, 0.1) is 0 Å². The van der Waals surface area contributed by atoms with Crippen LogP contribution in [0.15, 0.2) is 78.9 Å². The molecular formula is C29H33ClN2O3. The zero-order valence-corrected chi connectivity index (χ0v) is 21.3. The van der Waals surface area contributed by atoms with Crippen molar-refractivity contribution in [3.63, 3.8) is 0 Å². The molecule has 2 amide bonds. The highest BCUT2D eigenvalue weighted by Crippen LogP contribution is 2.26. The topological polar surface area (TPSA) is 58.6 Å². The van der Waals surface area contributed by atoms with Crippen molar-refractivity contribution in [2.45, 2.75) is 45.7 Å². The molecule has 0 aliphatic heterocycles. The Labute approximate surface area is 213 Å². The van der Waals surface area contributed by atoms with Crippen molar-refractivity contribution >= 4 is 23.4 Å². The van der Waals surface area contributed by atoms with Gasteiger partial charge in [-0.2, -0.15) is 0 Å². The molecule has 3 aromatic carbocycles. The van der Waals surface area contributed by atoms with Crippen molar-refractivity contribution in [2.75, 3.05) is 13.2 Å². The predicted molar refractivity (Wildman–Crippen MR) is 141 cm³/mol. The van der Waals surface area contributed by atoms with E-state index in [0.717, 1.165) is 16.7 Å². The summed E-state index contributed by atoms with van der Waals surface area (Å²) < 4.78 is 5.99. The summed E-state index contributed by atoms with van der Waals surface area (Å²) in [4.78, 5) is 28.4. The van der Waals surface area contributed by atoms with Gasteiger partial charge in [0.2, 0.25) is 5.91 Å². The zero-order valence-electron chi connectivity index (χ0n) is 20.5. The van der Waals surface area contributed by atoms with Crippen LogP contribution < -0.4 is 10.1 Å². The molecule has 0 aliphatic rings. The number of carbonyl (C=O) groups is 2. The molecule has 6 heteroatoms. The maximum absolute atomic E-state index is 13.6. The van der Waals surface area contributed by atoms with Crippen LogP contribution in [0.25, 0.3) is 0 Å².